The van der Waals surface area contributed by atoms with Crippen molar-refractivity contribution in [2.24, 2.45) is 7.05 Å². The van der Waals surface area contributed by atoms with Crippen molar-refractivity contribution in [3.8, 4) is 0 Å². The van der Waals surface area contributed by atoms with Crippen molar-refractivity contribution < 1.29 is 0 Å². The Morgan fingerprint density at radius 3 is 2.76 bits per heavy atom. The molecule has 0 aliphatic carbocycles. The van der Waals surface area contributed by atoms with E-state index in [9.17, 15) is 0 Å². The van der Waals surface area contributed by atoms with Gasteiger partial charge in [0.15, 0.2) is 5.65 Å². The Morgan fingerprint density at radius 2 is 2.18 bits per heavy atom. The molecular formula is C11H19N5S. The summed E-state index contributed by atoms with van der Waals surface area (Å²) in [7, 11) is 1.95. The normalized spacial score (nSPS) is 13.4. The third-order valence-electron chi connectivity index (χ3n) is 2.95. The maximum atomic E-state index is 6.02. The first-order chi connectivity index (χ1) is 8.10. The second-order valence-electron chi connectivity index (χ2n) is 4.24. The lowest BCUT2D eigenvalue weighted by molar-refractivity contribution is 0.611. The van der Waals surface area contributed by atoms with Gasteiger partial charge in [-0.25, -0.2) is 4.98 Å². The number of nitrogen functional groups attached to an aromatic ring is 1. The third-order valence-corrected chi connectivity index (χ3v) is 3.76. The Labute approximate surface area is 105 Å². The van der Waals surface area contributed by atoms with Crippen LogP contribution in [0.1, 0.15) is 25.6 Å². The highest BCUT2D eigenvalue weighted by Gasteiger charge is 2.19. The summed E-state index contributed by atoms with van der Waals surface area (Å²) in [5.74, 6) is 1.60. The molecule has 5 nitrogen and oxygen atoms in total. The van der Waals surface area contributed by atoms with Gasteiger partial charge in [-0.3, -0.25) is 9.25 Å². The Morgan fingerprint density at radius 1 is 1.47 bits per heavy atom. The molecule has 0 bridgehead atoms. The van der Waals surface area contributed by atoms with E-state index in [-0.39, 0.29) is 0 Å². The summed E-state index contributed by atoms with van der Waals surface area (Å²) >= 11 is 1.81. The molecule has 2 rings (SSSR count). The summed E-state index contributed by atoms with van der Waals surface area (Å²) in [6, 6.07) is 0.329. The zero-order chi connectivity index (χ0) is 12.6. The van der Waals surface area contributed by atoms with Crippen LogP contribution in [-0.2, 0) is 13.5 Å². The van der Waals surface area contributed by atoms with Gasteiger partial charge >= 0.3 is 0 Å². The number of thioether (sulfide) groups is 1. The molecule has 0 spiro atoms. The van der Waals surface area contributed by atoms with Crippen LogP contribution in [0.5, 0.6) is 0 Å². The fourth-order valence-electron chi connectivity index (χ4n) is 2.21. The maximum Gasteiger partial charge on any atom is 0.202 e. The minimum Gasteiger partial charge on any atom is -0.369 e. The van der Waals surface area contributed by atoms with Crippen LogP contribution >= 0.6 is 11.8 Å². The predicted octanol–water partition coefficient (Wildman–Crippen LogP) is 1.84. The zero-order valence-corrected chi connectivity index (χ0v) is 11.6. The van der Waals surface area contributed by atoms with Crippen LogP contribution in [0.15, 0.2) is 0 Å². The van der Waals surface area contributed by atoms with Gasteiger partial charge in [0, 0.05) is 18.8 Å². The number of imidazole rings is 1. The van der Waals surface area contributed by atoms with Crippen LogP contribution < -0.4 is 5.73 Å². The molecule has 2 aromatic heterocycles. The molecule has 0 aromatic carbocycles. The molecule has 6 heteroatoms. The van der Waals surface area contributed by atoms with Crippen molar-refractivity contribution >= 4 is 28.9 Å². The summed E-state index contributed by atoms with van der Waals surface area (Å²) in [6.07, 6.45) is 2.98. The van der Waals surface area contributed by atoms with Crippen LogP contribution in [0.4, 0.5) is 5.95 Å². The van der Waals surface area contributed by atoms with Gasteiger partial charge in [-0.05, 0) is 19.6 Å². The summed E-state index contributed by atoms with van der Waals surface area (Å²) < 4.78 is 3.96. The Bertz CT molecular complexity index is 527. The van der Waals surface area contributed by atoms with Crippen molar-refractivity contribution in [1.29, 1.82) is 0 Å². The van der Waals surface area contributed by atoms with Crippen molar-refractivity contribution in [2.45, 2.75) is 26.3 Å². The van der Waals surface area contributed by atoms with Gasteiger partial charge in [-0.2, -0.15) is 16.9 Å². The first kappa shape index (κ1) is 12.3. The second kappa shape index (κ2) is 4.60. The second-order valence-corrected chi connectivity index (χ2v) is 5.15. The number of nitrogens with zero attached hydrogens (tertiary/aromatic N) is 4. The predicted molar refractivity (Wildman–Crippen MR) is 73.4 cm³/mol. The molecule has 0 fully saturated rings. The fourth-order valence-corrected chi connectivity index (χ4v) is 2.84. The number of nitrogens with two attached hydrogens (primary N) is 1. The van der Waals surface area contributed by atoms with Crippen molar-refractivity contribution in [2.75, 3.05) is 17.7 Å². The monoisotopic (exact) mass is 253 g/mol. The van der Waals surface area contributed by atoms with Gasteiger partial charge in [0.2, 0.25) is 5.95 Å². The topological polar surface area (TPSA) is 61.7 Å². The summed E-state index contributed by atoms with van der Waals surface area (Å²) in [4.78, 5) is 4.46. The van der Waals surface area contributed by atoms with Gasteiger partial charge in [-0.15, -0.1) is 0 Å². The number of aromatic nitrogens is 4. The van der Waals surface area contributed by atoms with E-state index in [1.807, 2.05) is 23.5 Å². The lowest BCUT2D eigenvalue weighted by atomic mass is 10.3. The quantitative estimate of drug-likeness (QED) is 0.903. The van der Waals surface area contributed by atoms with Crippen LogP contribution in [0.3, 0.4) is 0 Å². The molecule has 0 saturated carbocycles. The van der Waals surface area contributed by atoms with E-state index < -0.39 is 0 Å². The first-order valence-electron chi connectivity index (χ1n) is 5.78. The molecular weight excluding hydrogens is 234 g/mol. The minimum atomic E-state index is 0.329. The van der Waals surface area contributed by atoms with E-state index in [0.717, 1.165) is 29.0 Å². The van der Waals surface area contributed by atoms with E-state index in [1.165, 1.54) is 0 Å². The smallest absolute Gasteiger partial charge is 0.202 e. The highest BCUT2D eigenvalue weighted by molar-refractivity contribution is 7.98. The Hall–Kier alpha value is -1.17. The molecule has 0 aliphatic rings. The van der Waals surface area contributed by atoms with E-state index in [2.05, 4.69) is 34.8 Å². The standard InChI is InChI=1S/C11H19N5S/c1-5-8-9-10(15(3)14-8)16(11(12)13-9)7(2)6-17-4/h7H,5-6H2,1-4H3,(H2,12,13). The molecule has 0 radical (unpaired) electrons. The molecule has 17 heavy (non-hydrogen) atoms. The number of hydrogen-bond acceptors (Lipinski definition) is 4. The van der Waals surface area contributed by atoms with Crippen molar-refractivity contribution in [3.05, 3.63) is 5.69 Å². The lowest BCUT2D eigenvalue weighted by Crippen LogP contribution is -2.13. The van der Waals surface area contributed by atoms with Gasteiger partial charge in [0.25, 0.3) is 0 Å². The zero-order valence-electron chi connectivity index (χ0n) is 10.8. The Balaban J connectivity index is 2.62. The first-order valence-corrected chi connectivity index (χ1v) is 7.17. The van der Waals surface area contributed by atoms with Crippen molar-refractivity contribution in [3.63, 3.8) is 0 Å². The van der Waals surface area contributed by atoms with Crippen LogP contribution in [0, 0.1) is 0 Å². The number of anilines is 1. The SMILES string of the molecule is CCc1nn(C)c2c1nc(N)n2C(C)CSC. The summed E-state index contributed by atoms with van der Waals surface area (Å²) in [6.45, 7) is 4.24. The highest BCUT2D eigenvalue weighted by atomic mass is 32.2. The summed E-state index contributed by atoms with van der Waals surface area (Å²) in [5, 5.41) is 4.48. The molecule has 0 aliphatic heterocycles. The average Bonchev–Trinajstić information content (AvgIpc) is 2.76. The minimum absolute atomic E-state index is 0.329. The maximum absolute atomic E-state index is 6.02. The van der Waals surface area contributed by atoms with E-state index in [4.69, 9.17) is 5.73 Å². The molecule has 1 atom stereocenters. The molecule has 0 amide bonds. The van der Waals surface area contributed by atoms with Gasteiger partial charge < -0.3 is 5.73 Å². The highest BCUT2D eigenvalue weighted by Crippen LogP contribution is 2.26. The largest absolute Gasteiger partial charge is 0.369 e. The van der Waals surface area contributed by atoms with Crippen LogP contribution in [-0.4, -0.2) is 31.3 Å². The molecule has 2 heterocycles. The van der Waals surface area contributed by atoms with Crippen molar-refractivity contribution in [1.82, 2.24) is 19.3 Å². The van der Waals surface area contributed by atoms with E-state index >= 15 is 0 Å². The third kappa shape index (κ3) is 1.90. The van der Waals surface area contributed by atoms with Gasteiger partial charge in [-0.1, -0.05) is 6.92 Å². The number of rotatable bonds is 4. The van der Waals surface area contributed by atoms with Gasteiger partial charge in [0.05, 0.1) is 5.69 Å². The number of fused-ring (bicyclic) bond motifs is 1. The average molecular weight is 253 g/mol. The summed E-state index contributed by atoms with van der Waals surface area (Å²) in [5.41, 5.74) is 9.01. The fraction of sp³-hybridized carbons (Fsp3) is 0.636. The molecule has 94 valence electrons. The molecule has 2 N–H and O–H groups in total. The molecule has 2 aromatic rings. The number of aryl methyl sites for hydroxylation is 2. The molecule has 0 saturated heterocycles. The van der Waals surface area contributed by atoms with E-state index in [0.29, 0.717) is 12.0 Å². The van der Waals surface area contributed by atoms with Gasteiger partial charge in [0.1, 0.15) is 5.52 Å². The number of hydrogen-bond donors (Lipinski definition) is 1. The Kier molecular flexibility index (Phi) is 3.33. The molecule has 1 unspecified atom stereocenters. The van der Waals surface area contributed by atoms with E-state index in [1.54, 1.807) is 0 Å². The van der Waals surface area contributed by atoms with Crippen LogP contribution in [0.25, 0.3) is 11.2 Å². The van der Waals surface area contributed by atoms with Crippen LogP contribution in [0.2, 0.25) is 0 Å². The lowest BCUT2D eigenvalue weighted by Gasteiger charge is -2.14.